The fourth-order valence-electron chi connectivity index (χ4n) is 3.79. The van der Waals surface area contributed by atoms with Crippen molar-refractivity contribution in [2.45, 2.75) is 38.5 Å². The van der Waals surface area contributed by atoms with E-state index in [9.17, 15) is 9.59 Å². The molecule has 1 amide bonds. The molecule has 5 heteroatoms. The summed E-state index contributed by atoms with van der Waals surface area (Å²) in [7, 11) is 0. The van der Waals surface area contributed by atoms with Crippen LogP contribution in [-0.4, -0.2) is 28.0 Å². The molecule has 2 aromatic carbocycles. The normalized spacial score (nSPS) is 12.6. The van der Waals surface area contributed by atoms with Crippen LogP contribution in [0.25, 0.3) is 5.69 Å². The van der Waals surface area contributed by atoms with Crippen LogP contribution in [0.3, 0.4) is 0 Å². The van der Waals surface area contributed by atoms with Gasteiger partial charge in [0.2, 0.25) is 5.91 Å². The third-order valence-corrected chi connectivity index (χ3v) is 5.44. The summed E-state index contributed by atoms with van der Waals surface area (Å²) < 4.78 is 1.81. The van der Waals surface area contributed by atoms with E-state index in [-0.39, 0.29) is 24.5 Å². The maximum absolute atomic E-state index is 12.4. The first-order valence-electron chi connectivity index (χ1n) is 10.2. The minimum Gasteiger partial charge on any atom is -0.356 e. The quantitative estimate of drug-likeness (QED) is 0.600. The van der Waals surface area contributed by atoms with E-state index in [0.717, 1.165) is 36.1 Å². The molecule has 1 aromatic heterocycles. The van der Waals surface area contributed by atoms with Crippen molar-refractivity contribution in [2.75, 3.05) is 6.54 Å². The zero-order valence-corrected chi connectivity index (χ0v) is 16.4. The van der Waals surface area contributed by atoms with Crippen molar-refractivity contribution in [3.8, 4) is 5.69 Å². The monoisotopic (exact) mass is 387 g/mol. The van der Waals surface area contributed by atoms with Crippen molar-refractivity contribution in [3.63, 3.8) is 0 Å². The Labute approximate surface area is 170 Å². The van der Waals surface area contributed by atoms with Gasteiger partial charge in [-0.15, -0.1) is 0 Å². The maximum atomic E-state index is 12.4. The Balaban J connectivity index is 1.20. The summed E-state index contributed by atoms with van der Waals surface area (Å²) in [5, 5.41) is 7.12. The second kappa shape index (κ2) is 8.86. The molecule has 0 atom stereocenters. The Hall–Kier alpha value is -3.21. The van der Waals surface area contributed by atoms with Gasteiger partial charge in [-0.05, 0) is 66.6 Å². The Morgan fingerprint density at radius 3 is 2.62 bits per heavy atom. The Morgan fingerprint density at radius 2 is 1.83 bits per heavy atom. The molecule has 3 aromatic rings. The van der Waals surface area contributed by atoms with Crippen LogP contribution in [0.4, 0.5) is 0 Å². The third kappa shape index (κ3) is 4.80. The minimum absolute atomic E-state index is 0.0454. The van der Waals surface area contributed by atoms with Crippen molar-refractivity contribution in [1.82, 2.24) is 15.1 Å². The van der Waals surface area contributed by atoms with Gasteiger partial charge in [0.15, 0.2) is 5.78 Å². The van der Waals surface area contributed by atoms with Gasteiger partial charge in [0.1, 0.15) is 0 Å². The summed E-state index contributed by atoms with van der Waals surface area (Å²) in [4.78, 5) is 24.5. The largest absolute Gasteiger partial charge is 0.356 e. The van der Waals surface area contributed by atoms with Crippen LogP contribution in [0.15, 0.2) is 60.9 Å². The van der Waals surface area contributed by atoms with E-state index >= 15 is 0 Å². The number of benzene rings is 2. The van der Waals surface area contributed by atoms with Gasteiger partial charge in [0.25, 0.3) is 0 Å². The number of rotatable bonds is 8. The molecule has 1 aliphatic rings. The lowest BCUT2D eigenvalue weighted by Crippen LogP contribution is -2.26. The highest BCUT2D eigenvalue weighted by Gasteiger charge is 2.14. The molecule has 0 saturated carbocycles. The highest BCUT2D eigenvalue weighted by Crippen LogP contribution is 2.23. The topological polar surface area (TPSA) is 64.0 Å². The van der Waals surface area contributed by atoms with Crippen LogP contribution in [0.2, 0.25) is 0 Å². The fraction of sp³-hybridized carbons (Fsp3) is 0.292. The number of ketones is 1. The van der Waals surface area contributed by atoms with E-state index in [1.54, 1.807) is 6.20 Å². The molecule has 4 rings (SSSR count). The maximum Gasteiger partial charge on any atom is 0.220 e. The van der Waals surface area contributed by atoms with Crippen molar-refractivity contribution in [1.29, 1.82) is 0 Å². The second-order valence-corrected chi connectivity index (χ2v) is 7.48. The van der Waals surface area contributed by atoms with Crippen LogP contribution < -0.4 is 5.32 Å². The molecule has 0 aliphatic heterocycles. The number of aryl methyl sites for hydroxylation is 2. The zero-order chi connectivity index (χ0) is 20.1. The number of nitrogens with one attached hydrogen (secondary N) is 1. The molecule has 0 radical (unpaired) electrons. The predicted octanol–water partition coefficient (Wildman–Crippen LogP) is 3.68. The zero-order valence-electron chi connectivity index (χ0n) is 16.4. The van der Waals surface area contributed by atoms with Crippen LogP contribution >= 0.6 is 0 Å². The number of amides is 1. The van der Waals surface area contributed by atoms with Crippen LogP contribution in [0, 0.1) is 0 Å². The van der Waals surface area contributed by atoms with E-state index < -0.39 is 0 Å². The molecule has 1 N–H and O–H groups in total. The SMILES string of the molecule is O=C(CCC(=O)c1ccc2c(c1)CCC2)NCCc1ccc(-n2cccn2)cc1. The highest BCUT2D eigenvalue weighted by molar-refractivity contribution is 5.98. The molecular formula is C24H25N3O2. The molecule has 0 bridgehead atoms. The van der Waals surface area contributed by atoms with Gasteiger partial charge in [0.05, 0.1) is 5.69 Å². The molecule has 1 heterocycles. The lowest BCUT2D eigenvalue weighted by atomic mass is 10.0. The average molecular weight is 387 g/mol. The standard InChI is InChI=1S/C24H25N3O2/c28-23(21-8-7-19-3-1-4-20(19)17-21)11-12-24(29)25-15-13-18-5-9-22(10-6-18)27-16-2-14-26-27/h2,5-10,14,16-17H,1,3-4,11-13,15H2,(H,25,29). The number of carbonyl (C=O) groups is 2. The van der Waals surface area contributed by atoms with Gasteiger partial charge in [-0.3, -0.25) is 9.59 Å². The van der Waals surface area contributed by atoms with Crippen molar-refractivity contribution >= 4 is 11.7 Å². The van der Waals surface area contributed by atoms with Crippen LogP contribution in [0.1, 0.15) is 46.3 Å². The van der Waals surface area contributed by atoms with Gasteiger partial charge in [-0.1, -0.05) is 24.3 Å². The van der Waals surface area contributed by atoms with E-state index in [0.29, 0.717) is 6.54 Å². The summed E-state index contributed by atoms with van der Waals surface area (Å²) in [6.45, 7) is 0.562. The molecule has 29 heavy (non-hydrogen) atoms. The second-order valence-electron chi connectivity index (χ2n) is 7.48. The fourth-order valence-corrected chi connectivity index (χ4v) is 3.79. The van der Waals surface area contributed by atoms with Crippen molar-refractivity contribution in [3.05, 3.63) is 83.2 Å². The first-order valence-corrected chi connectivity index (χ1v) is 10.2. The lowest BCUT2D eigenvalue weighted by Gasteiger charge is -2.07. The molecule has 5 nitrogen and oxygen atoms in total. The Kier molecular flexibility index (Phi) is 5.84. The smallest absolute Gasteiger partial charge is 0.220 e. The van der Waals surface area contributed by atoms with Crippen LogP contribution in [-0.2, 0) is 24.1 Å². The molecule has 148 valence electrons. The summed E-state index contributed by atoms with van der Waals surface area (Å²) >= 11 is 0. The Morgan fingerprint density at radius 1 is 1.00 bits per heavy atom. The summed E-state index contributed by atoms with van der Waals surface area (Å²) in [6.07, 6.45) is 8.22. The Bertz CT molecular complexity index is 991. The highest BCUT2D eigenvalue weighted by atomic mass is 16.2. The number of carbonyl (C=O) groups excluding carboxylic acids is 2. The lowest BCUT2D eigenvalue weighted by molar-refractivity contribution is -0.121. The first-order chi connectivity index (χ1) is 14.2. The molecule has 0 saturated heterocycles. The number of fused-ring (bicyclic) bond motifs is 1. The summed E-state index contributed by atoms with van der Waals surface area (Å²) in [5.74, 6) is -0.0308. The van der Waals surface area contributed by atoms with Gasteiger partial charge in [0, 0.05) is 37.3 Å². The summed E-state index contributed by atoms with van der Waals surface area (Å²) in [5.41, 5.74) is 5.54. The van der Waals surface area contributed by atoms with Gasteiger partial charge >= 0.3 is 0 Å². The van der Waals surface area contributed by atoms with E-state index in [1.807, 2.05) is 53.3 Å². The van der Waals surface area contributed by atoms with Crippen molar-refractivity contribution < 1.29 is 9.59 Å². The van der Waals surface area contributed by atoms with Crippen molar-refractivity contribution in [2.24, 2.45) is 0 Å². The van der Waals surface area contributed by atoms with E-state index in [2.05, 4.69) is 16.5 Å². The molecule has 1 aliphatic carbocycles. The van der Waals surface area contributed by atoms with E-state index in [1.165, 1.54) is 17.5 Å². The molecule has 0 fully saturated rings. The molecule has 0 unspecified atom stereocenters. The minimum atomic E-state index is -0.0762. The number of nitrogens with zero attached hydrogens (tertiary/aromatic N) is 2. The number of hydrogen-bond acceptors (Lipinski definition) is 3. The number of hydrogen-bond donors (Lipinski definition) is 1. The van der Waals surface area contributed by atoms with Gasteiger partial charge < -0.3 is 5.32 Å². The first kappa shape index (κ1) is 19.1. The predicted molar refractivity (Wildman–Crippen MR) is 112 cm³/mol. The molecular weight excluding hydrogens is 362 g/mol. The van der Waals surface area contributed by atoms with Gasteiger partial charge in [-0.25, -0.2) is 4.68 Å². The summed E-state index contributed by atoms with van der Waals surface area (Å²) in [6, 6.07) is 16.0. The van der Waals surface area contributed by atoms with Gasteiger partial charge in [-0.2, -0.15) is 5.10 Å². The molecule has 0 spiro atoms. The van der Waals surface area contributed by atoms with E-state index in [4.69, 9.17) is 0 Å². The van der Waals surface area contributed by atoms with Crippen LogP contribution in [0.5, 0.6) is 0 Å². The average Bonchev–Trinajstić information content (AvgIpc) is 3.44. The number of Topliss-reactive ketones (excluding diaryl/α,β-unsaturated/α-hetero) is 1. The number of aromatic nitrogens is 2. The third-order valence-electron chi connectivity index (χ3n) is 5.44.